The molecule has 0 spiro atoms. The van der Waals surface area contributed by atoms with Crippen LogP contribution in [-0.2, 0) is 0 Å². The van der Waals surface area contributed by atoms with Crippen LogP contribution in [0.5, 0.6) is 5.75 Å². The number of hydrogen-bond donors (Lipinski definition) is 0. The van der Waals surface area contributed by atoms with Crippen molar-refractivity contribution < 1.29 is 9.53 Å². The second kappa shape index (κ2) is 5.54. The van der Waals surface area contributed by atoms with E-state index in [2.05, 4.69) is 15.4 Å². The van der Waals surface area contributed by atoms with E-state index in [1.165, 1.54) is 4.80 Å². The summed E-state index contributed by atoms with van der Waals surface area (Å²) in [6, 6.07) is 16.1. The lowest BCUT2D eigenvalue weighted by molar-refractivity contribution is 0.102. The summed E-state index contributed by atoms with van der Waals surface area (Å²) in [5.41, 5.74) is 1.24. The minimum atomic E-state index is -0.278. The van der Waals surface area contributed by atoms with Gasteiger partial charge in [0.2, 0.25) is 11.6 Å². The molecule has 0 N–H and O–H groups in total. The molecular formula is C15H12N4O2. The van der Waals surface area contributed by atoms with Gasteiger partial charge in [0.05, 0.1) is 12.8 Å². The molecule has 0 aliphatic rings. The molecule has 2 aromatic carbocycles. The Morgan fingerprint density at radius 1 is 1.05 bits per heavy atom. The number of carbonyl (C=O) groups is 1. The molecule has 3 aromatic rings. The number of para-hydroxylation sites is 1. The first kappa shape index (κ1) is 13.0. The van der Waals surface area contributed by atoms with Crippen LogP contribution < -0.4 is 4.74 Å². The number of hydrogen-bond acceptors (Lipinski definition) is 5. The topological polar surface area (TPSA) is 69.9 Å². The van der Waals surface area contributed by atoms with Gasteiger partial charge in [0, 0.05) is 5.56 Å². The van der Waals surface area contributed by atoms with Crippen LogP contribution >= 0.6 is 0 Å². The van der Waals surface area contributed by atoms with Crippen molar-refractivity contribution in [2.45, 2.75) is 0 Å². The molecule has 21 heavy (non-hydrogen) atoms. The average Bonchev–Trinajstić information content (AvgIpc) is 3.05. The zero-order valence-corrected chi connectivity index (χ0v) is 11.3. The third kappa shape index (κ3) is 2.64. The summed E-state index contributed by atoms with van der Waals surface area (Å²) in [5, 5.41) is 11.8. The zero-order chi connectivity index (χ0) is 14.7. The molecule has 1 aromatic heterocycles. The fourth-order valence-corrected chi connectivity index (χ4v) is 1.85. The highest BCUT2D eigenvalue weighted by molar-refractivity contribution is 6.06. The van der Waals surface area contributed by atoms with Crippen molar-refractivity contribution in [2.75, 3.05) is 7.11 Å². The Morgan fingerprint density at radius 3 is 2.43 bits per heavy atom. The molecular weight excluding hydrogens is 268 g/mol. The van der Waals surface area contributed by atoms with Crippen LogP contribution in [0.2, 0.25) is 0 Å². The largest absolute Gasteiger partial charge is 0.497 e. The van der Waals surface area contributed by atoms with Gasteiger partial charge in [-0.3, -0.25) is 4.79 Å². The van der Waals surface area contributed by atoms with Crippen LogP contribution in [0.15, 0.2) is 54.6 Å². The molecule has 0 amide bonds. The summed E-state index contributed by atoms with van der Waals surface area (Å²) in [5.74, 6) is 0.469. The number of nitrogens with zero attached hydrogens (tertiary/aromatic N) is 4. The molecule has 6 heteroatoms. The fourth-order valence-electron chi connectivity index (χ4n) is 1.85. The quantitative estimate of drug-likeness (QED) is 0.683. The molecule has 6 nitrogen and oxygen atoms in total. The lowest BCUT2D eigenvalue weighted by atomic mass is 10.1. The lowest BCUT2D eigenvalue weighted by Crippen LogP contribution is -2.05. The first-order valence-corrected chi connectivity index (χ1v) is 6.32. The molecule has 0 atom stereocenters. The van der Waals surface area contributed by atoms with E-state index in [9.17, 15) is 4.79 Å². The van der Waals surface area contributed by atoms with Crippen LogP contribution in [0, 0.1) is 0 Å². The molecule has 0 unspecified atom stereocenters. The molecule has 0 fully saturated rings. The second-order valence-electron chi connectivity index (χ2n) is 4.30. The number of aromatic nitrogens is 4. The predicted octanol–water partition coefficient (Wildman–Crippen LogP) is 1.90. The number of rotatable bonds is 4. The first-order chi connectivity index (χ1) is 10.3. The molecule has 0 radical (unpaired) electrons. The monoisotopic (exact) mass is 280 g/mol. The van der Waals surface area contributed by atoms with Crippen molar-refractivity contribution in [2.24, 2.45) is 0 Å². The van der Waals surface area contributed by atoms with Crippen molar-refractivity contribution in [1.82, 2.24) is 20.2 Å². The molecule has 0 saturated heterocycles. The highest BCUT2D eigenvalue weighted by atomic mass is 16.5. The van der Waals surface area contributed by atoms with E-state index in [1.807, 2.05) is 30.3 Å². The van der Waals surface area contributed by atoms with Gasteiger partial charge in [0.15, 0.2) is 0 Å². The number of carbonyl (C=O) groups excluding carboxylic acids is 1. The summed E-state index contributed by atoms with van der Waals surface area (Å²) in [6.45, 7) is 0. The van der Waals surface area contributed by atoms with E-state index in [1.54, 1.807) is 31.4 Å². The number of ketones is 1. The molecule has 0 aliphatic carbocycles. The Morgan fingerprint density at radius 2 is 1.76 bits per heavy atom. The van der Waals surface area contributed by atoms with Crippen molar-refractivity contribution in [3.8, 4) is 11.4 Å². The Balaban J connectivity index is 1.87. The van der Waals surface area contributed by atoms with Crippen LogP contribution in [0.25, 0.3) is 5.69 Å². The summed E-state index contributed by atoms with van der Waals surface area (Å²) in [7, 11) is 1.57. The Bertz CT molecular complexity index is 751. The van der Waals surface area contributed by atoms with Gasteiger partial charge in [0.1, 0.15) is 5.75 Å². The SMILES string of the molecule is COc1ccc(C(=O)c2nnn(-c3ccccc3)n2)cc1. The minimum Gasteiger partial charge on any atom is -0.497 e. The fraction of sp³-hybridized carbons (Fsp3) is 0.0667. The standard InChI is InChI=1S/C15H12N4O2/c1-21-13-9-7-11(8-10-13)14(20)15-16-18-19(17-15)12-5-3-2-4-6-12/h2-10H,1H3. The first-order valence-electron chi connectivity index (χ1n) is 6.32. The molecule has 0 saturated carbocycles. The number of tetrazole rings is 1. The van der Waals surface area contributed by atoms with Crippen molar-refractivity contribution in [3.05, 3.63) is 66.0 Å². The van der Waals surface area contributed by atoms with Gasteiger partial charge in [-0.15, -0.1) is 15.0 Å². The van der Waals surface area contributed by atoms with Gasteiger partial charge in [-0.05, 0) is 41.6 Å². The third-order valence-corrected chi connectivity index (χ3v) is 2.96. The van der Waals surface area contributed by atoms with Crippen molar-refractivity contribution in [3.63, 3.8) is 0 Å². The maximum absolute atomic E-state index is 12.3. The molecule has 0 aliphatic heterocycles. The summed E-state index contributed by atoms with van der Waals surface area (Å²) in [4.78, 5) is 13.6. The summed E-state index contributed by atoms with van der Waals surface area (Å²) < 4.78 is 5.06. The van der Waals surface area contributed by atoms with E-state index < -0.39 is 0 Å². The summed E-state index contributed by atoms with van der Waals surface area (Å²) >= 11 is 0. The van der Waals surface area contributed by atoms with Crippen molar-refractivity contribution >= 4 is 5.78 Å². The minimum absolute atomic E-state index is 0.0593. The molecule has 3 rings (SSSR count). The van der Waals surface area contributed by atoms with Crippen molar-refractivity contribution in [1.29, 1.82) is 0 Å². The van der Waals surface area contributed by atoms with E-state index >= 15 is 0 Å². The number of methoxy groups -OCH3 is 1. The van der Waals surface area contributed by atoms with Gasteiger partial charge in [0.25, 0.3) is 0 Å². The maximum Gasteiger partial charge on any atom is 0.245 e. The van der Waals surface area contributed by atoms with E-state index in [4.69, 9.17) is 4.74 Å². The highest BCUT2D eigenvalue weighted by Crippen LogP contribution is 2.13. The Kier molecular flexibility index (Phi) is 3.42. The van der Waals surface area contributed by atoms with Crippen LogP contribution in [0.3, 0.4) is 0 Å². The number of ether oxygens (including phenoxy) is 1. The van der Waals surface area contributed by atoms with E-state index in [-0.39, 0.29) is 11.6 Å². The molecule has 0 bridgehead atoms. The summed E-state index contributed by atoms with van der Waals surface area (Å²) in [6.07, 6.45) is 0. The molecule has 104 valence electrons. The van der Waals surface area contributed by atoms with Crippen LogP contribution in [0.4, 0.5) is 0 Å². The smallest absolute Gasteiger partial charge is 0.245 e. The zero-order valence-electron chi connectivity index (χ0n) is 11.3. The van der Waals surface area contributed by atoms with E-state index in [0.29, 0.717) is 11.3 Å². The van der Waals surface area contributed by atoms with Gasteiger partial charge in [-0.25, -0.2) is 0 Å². The lowest BCUT2D eigenvalue weighted by Gasteiger charge is -2.00. The van der Waals surface area contributed by atoms with Crippen LogP contribution in [-0.4, -0.2) is 33.1 Å². The normalized spacial score (nSPS) is 10.3. The van der Waals surface area contributed by atoms with Gasteiger partial charge in [-0.1, -0.05) is 18.2 Å². The highest BCUT2D eigenvalue weighted by Gasteiger charge is 2.15. The predicted molar refractivity (Wildman–Crippen MR) is 75.6 cm³/mol. The van der Waals surface area contributed by atoms with E-state index in [0.717, 1.165) is 5.69 Å². The Hall–Kier alpha value is -3.02. The number of benzene rings is 2. The maximum atomic E-state index is 12.3. The van der Waals surface area contributed by atoms with Gasteiger partial charge in [-0.2, -0.15) is 0 Å². The third-order valence-electron chi connectivity index (χ3n) is 2.96. The second-order valence-corrected chi connectivity index (χ2v) is 4.30. The van der Waals surface area contributed by atoms with Crippen LogP contribution in [0.1, 0.15) is 16.2 Å². The Labute approximate surface area is 121 Å². The van der Waals surface area contributed by atoms with Gasteiger partial charge < -0.3 is 4.74 Å². The van der Waals surface area contributed by atoms with Gasteiger partial charge >= 0.3 is 0 Å². The average molecular weight is 280 g/mol. The molecule has 1 heterocycles.